The molecular formula is C6H10O. The van der Waals surface area contributed by atoms with Crippen LogP contribution in [0.5, 0.6) is 0 Å². The van der Waals surface area contributed by atoms with Crippen LogP contribution in [0.4, 0.5) is 0 Å². The van der Waals surface area contributed by atoms with Gasteiger partial charge in [-0.2, -0.15) is 0 Å². The smallest absolute Gasteiger partial charge is 0.0923 e. The van der Waals surface area contributed by atoms with Crippen molar-refractivity contribution in [2.45, 2.75) is 13.0 Å². The van der Waals surface area contributed by atoms with Crippen LogP contribution < -0.4 is 0 Å². The number of hydrogen-bond donors (Lipinski definition) is 1. The highest BCUT2D eigenvalue weighted by Gasteiger charge is 1.93. The normalized spacial score (nSPS) is 12.9. The standard InChI is InChI=1S/C6H10O/c1-4-6(7)5(2)3/h4,6-7H,1-2H2,3H3/t6-/m1/s1. The molecule has 1 atom stereocenters. The van der Waals surface area contributed by atoms with E-state index in [1.165, 1.54) is 6.08 Å². The van der Waals surface area contributed by atoms with E-state index in [-0.39, 0.29) is 0 Å². The maximum Gasteiger partial charge on any atom is 0.0923 e. The van der Waals surface area contributed by atoms with Gasteiger partial charge in [0, 0.05) is 0 Å². The zero-order chi connectivity index (χ0) is 5.86. The van der Waals surface area contributed by atoms with E-state index < -0.39 is 6.10 Å². The van der Waals surface area contributed by atoms with Crippen molar-refractivity contribution in [1.29, 1.82) is 0 Å². The van der Waals surface area contributed by atoms with Gasteiger partial charge in [0.25, 0.3) is 0 Å². The molecule has 0 aromatic rings. The molecule has 0 bridgehead atoms. The zero-order valence-corrected chi connectivity index (χ0v) is 4.52. The molecule has 0 aliphatic rings. The first-order valence-electron chi connectivity index (χ1n) is 2.14. The van der Waals surface area contributed by atoms with Crippen LogP contribution in [-0.2, 0) is 0 Å². The summed E-state index contributed by atoms with van der Waals surface area (Å²) in [4.78, 5) is 0. The van der Waals surface area contributed by atoms with Gasteiger partial charge in [0.05, 0.1) is 6.10 Å². The fourth-order valence-corrected chi connectivity index (χ4v) is 0.201. The number of rotatable bonds is 2. The Bertz CT molecular complexity index is 84.2. The molecule has 0 heterocycles. The van der Waals surface area contributed by atoms with Gasteiger partial charge in [0.1, 0.15) is 0 Å². The third-order valence-electron chi connectivity index (χ3n) is 0.728. The van der Waals surface area contributed by atoms with Crippen LogP contribution in [0.15, 0.2) is 24.8 Å². The molecule has 0 aromatic heterocycles. The summed E-state index contributed by atoms with van der Waals surface area (Å²) in [6.07, 6.45) is 0.919. The molecule has 40 valence electrons. The average Bonchev–Trinajstić information content (AvgIpc) is 1.65. The molecular weight excluding hydrogens is 88.1 g/mol. The second-order valence-electron chi connectivity index (χ2n) is 1.53. The quantitative estimate of drug-likeness (QED) is 0.513. The van der Waals surface area contributed by atoms with Crippen molar-refractivity contribution in [3.8, 4) is 0 Å². The summed E-state index contributed by atoms with van der Waals surface area (Å²) in [6, 6.07) is 0. The van der Waals surface area contributed by atoms with Gasteiger partial charge in [-0.15, -0.1) is 6.58 Å². The van der Waals surface area contributed by atoms with Crippen LogP contribution in [0.1, 0.15) is 6.92 Å². The monoisotopic (exact) mass is 98.1 g/mol. The third kappa shape index (κ3) is 2.18. The van der Waals surface area contributed by atoms with E-state index >= 15 is 0 Å². The minimum Gasteiger partial charge on any atom is -0.385 e. The van der Waals surface area contributed by atoms with Crippen LogP contribution in [0.25, 0.3) is 0 Å². The van der Waals surface area contributed by atoms with E-state index in [1.54, 1.807) is 6.92 Å². The highest BCUT2D eigenvalue weighted by molar-refractivity contribution is 5.04. The maximum atomic E-state index is 8.72. The number of aliphatic hydroxyl groups is 1. The van der Waals surface area contributed by atoms with E-state index in [0.29, 0.717) is 0 Å². The summed E-state index contributed by atoms with van der Waals surface area (Å²) in [5.74, 6) is 0. The van der Waals surface area contributed by atoms with E-state index in [2.05, 4.69) is 13.2 Å². The summed E-state index contributed by atoms with van der Waals surface area (Å²) in [5, 5.41) is 8.72. The van der Waals surface area contributed by atoms with Gasteiger partial charge in [-0.25, -0.2) is 0 Å². The molecule has 0 saturated carbocycles. The fourth-order valence-electron chi connectivity index (χ4n) is 0.201. The topological polar surface area (TPSA) is 20.2 Å². The summed E-state index contributed by atoms with van der Waals surface area (Å²) in [7, 11) is 0. The van der Waals surface area contributed by atoms with Crippen molar-refractivity contribution in [3.63, 3.8) is 0 Å². The summed E-state index contributed by atoms with van der Waals surface area (Å²) in [6.45, 7) is 8.63. The number of hydrogen-bond acceptors (Lipinski definition) is 1. The lowest BCUT2D eigenvalue weighted by Crippen LogP contribution is -2.00. The van der Waals surface area contributed by atoms with E-state index in [9.17, 15) is 0 Å². The molecule has 1 nitrogen and oxygen atoms in total. The van der Waals surface area contributed by atoms with Crippen molar-refractivity contribution < 1.29 is 5.11 Å². The molecule has 0 aliphatic carbocycles. The molecule has 0 fully saturated rings. The Balaban J connectivity index is 3.55. The Morgan fingerprint density at radius 2 is 2.29 bits per heavy atom. The van der Waals surface area contributed by atoms with Crippen molar-refractivity contribution in [2.24, 2.45) is 0 Å². The van der Waals surface area contributed by atoms with E-state index in [4.69, 9.17) is 5.11 Å². The Labute approximate surface area is 44.0 Å². The highest BCUT2D eigenvalue weighted by atomic mass is 16.3. The highest BCUT2D eigenvalue weighted by Crippen LogP contribution is 1.95. The average molecular weight is 98.1 g/mol. The summed E-state index contributed by atoms with van der Waals surface area (Å²) in [5.41, 5.74) is 0.731. The van der Waals surface area contributed by atoms with E-state index in [1.807, 2.05) is 0 Å². The molecule has 0 rings (SSSR count). The third-order valence-corrected chi connectivity index (χ3v) is 0.728. The molecule has 7 heavy (non-hydrogen) atoms. The van der Waals surface area contributed by atoms with Crippen molar-refractivity contribution in [2.75, 3.05) is 0 Å². The van der Waals surface area contributed by atoms with Gasteiger partial charge in [-0.3, -0.25) is 0 Å². The fraction of sp³-hybridized carbons (Fsp3) is 0.333. The molecule has 0 aliphatic heterocycles. The summed E-state index contributed by atoms with van der Waals surface area (Å²) < 4.78 is 0. The predicted molar refractivity (Wildman–Crippen MR) is 31.0 cm³/mol. The van der Waals surface area contributed by atoms with Crippen LogP contribution in [-0.4, -0.2) is 11.2 Å². The van der Waals surface area contributed by atoms with Gasteiger partial charge in [-0.1, -0.05) is 12.7 Å². The first-order chi connectivity index (χ1) is 3.18. The maximum absolute atomic E-state index is 8.72. The minimum absolute atomic E-state index is 0.528. The lowest BCUT2D eigenvalue weighted by Gasteiger charge is -1.99. The number of aliphatic hydroxyl groups excluding tert-OH is 1. The van der Waals surface area contributed by atoms with Crippen LogP contribution in [0.2, 0.25) is 0 Å². The first kappa shape index (κ1) is 6.44. The van der Waals surface area contributed by atoms with Gasteiger partial charge in [-0.05, 0) is 12.5 Å². The second-order valence-corrected chi connectivity index (χ2v) is 1.53. The summed E-state index contributed by atoms with van der Waals surface area (Å²) >= 11 is 0. The van der Waals surface area contributed by atoms with Gasteiger partial charge in [0.2, 0.25) is 0 Å². The van der Waals surface area contributed by atoms with Crippen LogP contribution in [0, 0.1) is 0 Å². The minimum atomic E-state index is -0.528. The Morgan fingerprint density at radius 3 is 2.29 bits per heavy atom. The van der Waals surface area contributed by atoms with E-state index in [0.717, 1.165) is 5.57 Å². The lowest BCUT2D eigenvalue weighted by molar-refractivity contribution is 0.260. The van der Waals surface area contributed by atoms with Crippen molar-refractivity contribution in [1.82, 2.24) is 0 Å². The van der Waals surface area contributed by atoms with Gasteiger partial charge < -0.3 is 5.11 Å². The van der Waals surface area contributed by atoms with Crippen molar-refractivity contribution >= 4 is 0 Å². The SMILES string of the molecule is C=C[C@@H](O)C(=C)C. The molecule has 0 unspecified atom stereocenters. The molecule has 0 aromatic carbocycles. The molecule has 0 spiro atoms. The Kier molecular flexibility index (Phi) is 2.38. The van der Waals surface area contributed by atoms with Crippen molar-refractivity contribution in [3.05, 3.63) is 24.8 Å². The first-order valence-corrected chi connectivity index (χ1v) is 2.14. The van der Waals surface area contributed by atoms with Gasteiger partial charge >= 0.3 is 0 Å². The van der Waals surface area contributed by atoms with Crippen LogP contribution in [0.3, 0.4) is 0 Å². The zero-order valence-electron chi connectivity index (χ0n) is 4.52. The second kappa shape index (κ2) is 2.59. The predicted octanol–water partition coefficient (Wildman–Crippen LogP) is 1.11. The van der Waals surface area contributed by atoms with Gasteiger partial charge in [0.15, 0.2) is 0 Å². The van der Waals surface area contributed by atoms with Crippen LogP contribution >= 0.6 is 0 Å². The Morgan fingerprint density at radius 1 is 1.86 bits per heavy atom. The molecule has 1 heteroatoms. The Hall–Kier alpha value is -0.560. The molecule has 0 saturated heterocycles. The molecule has 0 amide bonds. The lowest BCUT2D eigenvalue weighted by atomic mass is 10.2. The largest absolute Gasteiger partial charge is 0.385 e. The molecule has 1 N–H and O–H groups in total. The molecule has 0 radical (unpaired) electrons.